The molecule has 3 aromatic heterocycles. The summed E-state index contributed by atoms with van der Waals surface area (Å²) in [6, 6.07) is 3.65. The summed E-state index contributed by atoms with van der Waals surface area (Å²) in [4.78, 5) is 30.3. The second-order valence-electron chi connectivity index (χ2n) is 7.36. The van der Waals surface area contributed by atoms with Crippen molar-refractivity contribution in [1.82, 2.24) is 19.3 Å². The van der Waals surface area contributed by atoms with Crippen LogP contribution in [0.5, 0.6) is 0 Å². The van der Waals surface area contributed by atoms with Crippen LogP contribution in [0.1, 0.15) is 26.5 Å². The molecule has 3 aromatic rings. The number of thioether (sulfide) groups is 1. The van der Waals surface area contributed by atoms with Crippen LogP contribution in [0.4, 0.5) is 5.82 Å². The topological polar surface area (TPSA) is 81.8 Å². The molecule has 1 amide bonds. The largest absolute Gasteiger partial charge is 0.310 e. The van der Waals surface area contributed by atoms with Gasteiger partial charge in [-0.3, -0.25) is 18.8 Å². The maximum atomic E-state index is 12.6. The number of rotatable bonds is 6. The van der Waals surface area contributed by atoms with E-state index in [2.05, 4.69) is 42.7 Å². The fourth-order valence-electron chi connectivity index (χ4n) is 2.59. The molecule has 0 aromatic carbocycles. The Kier molecular flexibility index (Phi) is 5.76. The lowest BCUT2D eigenvalue weighted by Gasteiger charge is -2.13. The van der Waals surface area contributed by atoms with Crippen LogP contribution in [-0.4, -0.2) is 31.0 Å². The predicted molar refractivity (Wildman–Crippen MR) is 115 cm³/mol. The van der Waals surface area contributed by atoms with Crippen LogP contribution in [0.3, 0.4) is 0 Å². The van der Waals surface area contributed by atoms with Crippen molar-refractivity contribution in [2.45, 2.75) is 37.9 Å². The lowest BCUT2D eigenvalue weighted by Crippen LogP contribution is -2.23. The van der Waals surface area contributed by atoms with Crippen LogP contribution in [0.25, 0.3) is 10.2 Å². The normalized spacial score (nSPS) is 11.7. The number of amides is 1. The zero-order valence-electron chi connectivity index (χ0n) is 16.4. The van der Waals surface area contributed by atoms with E-state index in [9.17, 15) is 9.59 Å². The summed E-state index contributed by atoms with van der Waals surface area (Å²) in [5.41, 5.74) is 0.689. The molecule has 0 saturated carbocycles. The van der Waals surface area contributed by atoms with Gasteiger partial charge in [-0.1, -0.05) is 38.6 Å². The Hall–Kier alpha value is -2.39. The first-order chi connectivity index (χ1) is 13.2. The average Bonchev–Trinajstić information content (AvgIpc) is 3.23. The second-order valence-corrected chi connectivity index (χ2v) is 9.20. The minimum atomic E-state index is -0.181. The number of hydrogen-bond donors (Lipinski definition) is 1. The van der Waals surface area contributed by atoms with E-state index in [1.807, 2.05) is 11.4 Å². The maximum absolute atomic E-state index is 12.6. The van der Waals surface area contributed by atoms with Gasteiger partial charge in [-0.25, -0.2) is 4.98 Å². The van der Waals surface area contributed by atoms with Crippen molar-refractivity contribution in [2.24, 2.45) is 7.05 Å². The maximum Gasteiger partial charge on any atom is 0.263 e. The molecule has 0 unspecified atom stereocenters. The third-order valence-electron chi connectivity index (χ3n) is 4.11. The molecular weight excluding hydrogens is 394 g/mol. The highest BCUT2D eigenvalue weighted by Crippen LogP contribution is 2.24. The van der Waals surface area contributed by atoms with E-state index in [1.54, 1.807) is 28.4 Å². The van der Waals surface area contributed by atoms with Gasteiger partial charge in [0.25, 0.3) is 5.56 Å². The van der Waals surface area contributed by atoms with E-state index in [4.69, 9.17) is 0 Å². The minimum absolute atomic E-state index is 0.101. The molecule has 3 rings (SSSR count). The van der Waals surface area contributed by atoms with Gasteiger partial charge >= 0.3 is 0 Å². The summed E-state index contributed by atoms with van der Waals surface area (Å²) in [5.74, 6) is 0.594. The van der Waals surface area contributed by atoms with Gasteiger partial charge in [0.1, 0.15) is 10.6 Å². The van der Waals surface area contributed by atoms with Gasteiger partial charge in [0.05, 0.1) is 16.8 Å². The predicted octanol–water partition coefficient (Wildman–Crippen LogP) is 3.41. The van der Waals surface area contributed by atoms with Crippen molar-refractivity contribution in [3.05, 3.63) is 46.2 Å². The fraction of sp³-hybridized carbons (Fsp3) is 0.368. The number of aryl methyl sites for hydroxylation is 1. The van der Waals surface area contributed by atoms with Crippen molar-refractivity contribution in [1.29, 1.82) is 0 Å². The van der Waals surface area contributed by atoms with Crippen molar-refractivity contribution in [2.75, 3.05) is 11.1 Å². The molecule has 0 fully saturated rings. The quantitative estimate of drug-likeness (QED) is 0.378. The monoisotopic (exact) mass is 417 g/mol. The van der Waals surface area contributed by atoms with Gasteiger partial charge in [0, 0.05) is 25.1 Å². The van der Waals surface area contributed by atoms with E-state index in [0.29, 0.717) is 27.7 Å². The van der Waals surface area contributed by atoms with Crippen molar-refractivity contribution < 1.29 is 4.79 Å². The molecule has 0 atom stereocenters. The smallest absolute Gasteiger partial charge is 0.263 e. The van der Waals surface area contributed by atoms with E-state index >= 15 is 0 Å². The molecule has 0 radical (unpaired) electrons. The highest BCUT2D eigenvalue weighted by atomic mass is 32.2. The first kappa shape index (κ1) is 20.3. The van der Waals surface area contributed by atoms with E-state index in [-0.39, 0.29) is 22.6 Å². The van der Waals surface area contributed by atoms with Crippen LogP contribution in [0, 0.1) is 0 Å². The molecule has 0 aliphatic rings. The Morgan fingerprint density at radius 1 is 1.43 bits per heavy atom. The van der Waals surface area contributed by atoms with Crippen molar-refractivity contribution in [3.63, 3.8) is 0 Å². The molecule has 0 aliphatic carbocycles. The number of carbonyl (C=O) groups is 1. The van der Waals surface area contributed by atoms with E-state index in [0.717, 1.165) is 5.69 Å². The summed E-state index contributed by atoms with van der Waals surface area (Å²) < 4.78 is 3.20. The van der Waals surface area contributed by atoms with Gasteiger partial charge in [0.15, 0.2) is 5.16 Å². The number of hydrogen-bond acceptors (Lipinski definition) is 6. The number of carbonyl (C=O) groups excluding carboxylic acids is 1. The Morgan fingerprint density at radius 3 is 2.82 bits per heavy atom. The Morgan fingerprint density at radius 2 is 2.18 bits per heavy atom. The van der Waals surface area contributed by atoms with Gasteiger partial charge in [-0.05, 0) is 11.4 Å². The summed E-state index contributed by atoms with van der Waals surface area (Å²) in [6.07, 6.45) is 1.65. The third kappa shape index (κ3) is 4.20. The molecule has 0 spiro atoms. The van der Waals surface area contributed by atoms with Crippen LogP contribution in [0.2, 0.25) is 0 Å². The molecule has 3 heterocycles. The second kappa shape index (κ2) is 7.92. The lowest BCUT2D eigenvalue weighted by molar-refractivity contribution is -0.113. The minimum Gasteiger partial charge on any atom is -0.310 e. The number of thiophene rings is 1. The highest BCUT2D eigenvalue weighted by molar-refractivity contribution is 7.99. The van der Waals surface area contributed by atoms with Crippen LogP contribution >= 0.6 is 23.1 Å². The standard InChI is InChI=1S/C19H23N5O2S2/c1-6-8-24-17(26)12-7-9-27-16(12)21-18(24)28-11-15(25)20-14-10-13(19(2,3)4)22-23(14)5/h6-7,9-10H,1,8,11H2,2-5H3,(H,20,25). The summed E-state index contributed by atoms with van der Waals surface area (Å²) >= 11 is 2.64. The number of allylic oxidation sites excluding steroid dienone is 1. The SMILES string of the molecule is C=CCn1c(SCC(=O)Nc2cc(C(C)(C)C)nn2C)nc2sccc2c1=O. The molecule has 148 valence electrons. The van der Waals surface area contributed by atoms with Crippen LogP contribution in [-0.2, 0) is 23.8 Å². The zero-order valence-corrected chi connectivity index (χ0v) is 18.0. The first-order valence-corrected chi connectivity index (χ1v) is 10.6. The average molecular weight is 418 g/mol. The lowest BCUT2D eigenvalue weighted by atomic mass is 9.92. The molecule has 28 heavy (non-hydrogen) atoms. The van der Waals surface area contributed by atoms with Crippen molar-refractivity contribution in [3.8, 4) is 0 Å². The molecule has 9 heteroatoms. The molecule has 0 aliphatic heterocycles. The number of fused-ring (bicyclic) bond motifs is 1. The first-order valence-electron chi connectivity index (χ1n) is 8.77. The highest BCUT2D eigenvalue weighted by Gasteiger charge is 2.20. The van der Waals surface area contributed by atoms with Gasteiger partial charge < -0.3 is 5.32 Å². The summed E-state index contributed by atoms with van der Waals surface area (Å²) in [6.45, 7) is 10.3. The van der Waals surface area contributed by atoms with Crippen molar-refractivity contribution >= 4 is 45.0 Å². The number of aromatic nitrogens is 4. The Balaban J connectivity index is 1.76. The van der Waals surface area contributed by atoms with Crippen LogP contribution in [0.15, 0.2) is 40.1 Å². The third-order valence-corrected chi connectivity index (χ3v) is 5.89. The molecular formula is C19H23N5O2S2. The Bertz CT molecular complexity index is 1090. The summed E-state index contributed by atoms with van der Waals surface area (Å²) in [7, 11) is 1.80. The van der Waals surface area contributed by atoms with Gasteiger partial charge in [-0.2, -0.15) is 5.10 Å². The van der Waals surface area contributed by atoms with Gasteiger partial charge in [0.2, 0.25) is 5.91 Å². The molecule has 0 bridgehead atoms. The van der Waals surface area contributed by atoms with E-state index in [1.165, 1.54) is 23.1 Å². The zero-order chi connectivity index (χ0) is 20.5. The number of anilines is 1. The van der Waals surface area contributed by atoms with E-state index < -0.39 is 0 Å². The number of nitrogens with one attached hydrogen (secondary N) is 1. The fourth-order valence-corrected chi connectivity index (χ4v) is 4.20. The summed E-state index contributed by atoms with van der Waals surface area (Å²) in [5, 5.41) is 10.3. The molecule has 1 N–H and O–H groups in total. The Labute approximate surface area is 171 Å². The van der Waals surface area contributed by atoms with Gasteiger partial charge in [-0.15, -0.1) is 17.9 Å². The molecule has 0 saturated heterocycles. The van der Waals surface area contributed by atoms with Crippen LogP contribution < -0.4 is 10.9 Å². The molecule has 7 nitrogen and oxygen atoms in total. The number of nitrogens with zero attached hydrogens (tertiary/aromatic N) is 4.